The summed E-state index contributed by atoms with van der Waals surface area (Å²) < 4.78 is 2.45. The van der Waals surface area contributed by atoms with Crippen LogP contribution in [0.3, 0.4) is 0 Å². The fourth-order valence-corrected chi connectivity index (χ4v) is 1.58. The molecule has 82 valence electrons. The van der Waals surface area contributed by atoms with E-state index in [1.807, 2.05) is 0 Å². The van der Waals surface area contributed by atoms with Gasteiger partial charge in [-0.25, -0.2) is 9.67 Å². The van der Waals surface area contributed by atoms with Gasteiger partial charge in [-0.15, -0.1) is 0 Å². The molecule has 0 atom stereocenters. The van der Waals surface area contributed by atoms with Gasteiger partial charge < -0.3 is 11.5 Å². The van der Waals surface area contributed by atoms with Gasteiger partial charge in [0.25, 0.3) is 5.91 Å². The van der Waals surface area contributed by atoms with Crippen LogP contribution in [0, 0.1) is 3.57 Å². The van der Waals surface area contributed by atoms with Gasteiger partial charge in [-0.1, -0.05) is 0 Å². The van der Waals surface area contributed by atoms with Gasteiger partial charge in [0.15, 0.2) is 5.82 Å². The van der Waals surface area contributed by atoms with Crippen LogP contribution in [0.1, 0.15) is 10.5 Å². The molecule has 0 saturated carbocycles. The van der Waals surface area contributed by atoms with E-state index in [0.717, 1.165) is 3.57 Å². The van der Waals surface area contributed by atoms with Crippen LogP contribution >= 0.6 is 22.6 Å². The minimum Gasteiger partial charge on any atom is -0.396 e. The number of rotatable bonds is 2. The number of nitrogen functional groups attached to an aromatic ring is 1. The van der Waals surface area contributed by atoms with E-state index in [4.69, 9.17) is 11.5 Å². The van der Waals surface area contributed by atoms with Crippen molar-refractivity contribution in [2.45, 2.75) is 0 Å². The molecule has 0 aliphatic heterocycles. The highest BCUT2D eigenvalue weighted by Crippen LogP contribution is 2.15. The third-order valence-corrected chi connectivity index (χ3v) is 2.48. The molecular formula is C9H8IN5O. The second-order valence-corrected chi connectivity index (χ2v) is 4.32. The van der Waals surface area contributed by atoms with Crippen LogP contribution in [0.5, 0.6) is 0 Å². The van der Waals surface area contributed by atoms with Gasteiger partial charge in [0.05, 0.1) is 15.5 Å². The lowest BCUT2D eigenvalue weighted by molar-refractivity contribution is 0.0995. The Labute approximate surface area is 105 Å². The number of carbonyl (C=O) groups excluding carboxylic acids is 1. The van der Waals surface area contributed by atoms with Crippen LogP contribution in [0.4, 0.5) is 5.69 Å². The summed E-state index contributed by atoms with van der Waals surface area (Å²) in [6, 6.07) is 3.06. The Bertz CT molecular complexity index is 551. The van der Waals surface area contributed by atoms with Gasteiger partial charge in [0, 0.05) is 6.20 Å². The van der Waals surface area contributed by atoms with E-state index >= 15 is 0 Å². The van der Waals surface area contributed by atoms with E-state index in [0.29, 0.717) is 11.5 Å². The highest BCUT2D eigenvalue weighted by Gasteiger charge is 2.09. The summed E-state index contributed by atoms with van der Waals surface area (Å²) in [6.45, 7) is 0. The number of hydrogen-bond donors (Lipinski definition) is 2. The van der Waals surface area contributed by atoms with Gasteiger partial charge in [-0.2, -0.15) is 5.10 Å². The highest BCUT2D eigenvalue weighted by atomic mass is 127. The third-order valence-electron chi connectivity index (χ3n) is 1.93. The first kappa shape index (κ1) is 10.9. The lowest BCUT2D eigenvalue weighted by Gasteiger charge is -2.05. The van der Waals surface area contributed by atoms with Crippen LogP contribution < -0.4 is 11.5 Å². The van der Waals surface area contributed by atoms with Crippen LogP contribution in [0.15, 0.2) is 24.5 Å². The number of nitrogens with two attached hydrogens (primary N) is 2. The SMILES string of the molecule is NC(=O)c1ccc(N)c(-n2cc(I)cn2)n1. The molecule has 0 bridgehead atoms. The molecule has 1 amide bonds. The summed E-state index contributed by atoms with van der Waals surface area (Å²) in [4.78, 5) is 15.0. The van der Waals surface area contributed by atoms with E-state index in [2.05, 4.69) is 32.7 Å². The van der Waals surface area contributed by atoms with E-state index in [9.17, 15) is 4.79 Å². The average molecular weight is 329 g/mol. The summed E-state index contributed by atoms with van der Waals surface area (Å²) in [5, 5.41) is 4.06. The van der Waals surface area contributed by atoms with Crippen molar-refractivity contribution >= 4 is 34.2 Å². The topological polar surface area (TPSA) is 99.8 Å². The second-order valence-electron chi connectivity index (χ2n) is 3.08. The minimum absolute atomic E-state index is 0.162. The number of hydrogen-bond acceptors (Lipinski definition) is 4. The first-order valence-electron chi connectivity index (χ1n) is 4.35. The fourth-order valence-electron chi connectivity index (χ4n) is 1.20. The Morgan fingerprint density at radius 3 is 2.75 bits per heavy atom. The van der Waals surface area contributed by atoms with Gasteiger partial charge in [-0.05, 0) is 34.7 Å². The Balaban J connectivity index is 2.55. The predicted molar refractivity (Wildman–Crippen MR) is 67.0 cm³/mol. The molecule has 0 aromatic carbocycles. The Hall–Kier alpha value is -1.64. The molecule has 6 nitrogen and oxygen atoms in total. The zero-order chi connectivity index (χ0) is 11.7. The maximum Gasteiger partial charge on any atom is 0.267 e. The molecule has 2 aromatic rings. The summed E-state index contributed by atoms with van der Waals surface area (Å²) in [7, 11) is 0. The molecular weight excluding hydrogens is 321 g/mol. The number of aromatic nitrogens is 3. The Morgan fingerprint density at radius 2 is 2.19 bits per heavy atom. The van der Waals surface area contributed by atoms with E-state index in [1.165, 1.54) is 10.7 Å². The largest absolute Gasteiger partial charge is 0.396 e. The molecule has 2 aromatic heterocycles. The number of nitrogens with zero attached hydrogens (tertiary/aromatic N) is 3. The molecule has 0 aliphatic rings. The average Bonchev–Trinajstić information content (AvgIpc) is 2.65. The number of halogens is 1. The van der Waals surface area contributed by atoms with Crippen LogP contribution in [-0.2, 0) is 0 Å². The molecule has 0 saturated heterocycles. The molecule has 4 N–H and O–H groups in total. The first-order chi connectivity index (χ1) is 7.58. The smallest absolute Gasteiger partial charge is 0.267 e. The molecule has 0 fully saturated rings. The summed E-state index contributed by atoms with van der Waals surface area (Å²) in [5.74, 6) is -0.192. The van der Waals surface area contributed by atoms with Crippen LogP contribution in [-0.4, -0.2) is 20.7 Å². The number of anilines is 1. The van der Waals surface area contributed by atoms with Gasteiger partial charge >= 0.3 is 0 Å². The van der Waals surface area contributed by atoms with Crippen molar-refractivity contribution in [3.8, 4) is 5.82 Å². The normalized spacial score (nSPS) is 10.3. The maximum atomic E-state index is 11.0. The molecule has 16 heavy (non-hydrogen) atoms. The summed E-state index contributed by atoms with van der Waals surface area (Å²) in [5.41, 5.74) is 11.5. The molecule has 0 radical (unpaired) electrons. The lowest BCUT2D eigenvalue weighted by Crippen LogP contribution is -2.15. The predicted octanol–water partition coefficient (Wildman–Crippen LogP) is 0.553. The fraction of sp³-hybridized carbons (Fsp3) is 0. The van der Waals surface area contributed by atoms with E-state index in [1.54, 1.807) is 18.5 Å². The van der Waals surface area contributed by atoms with Crippen molar-refractivity contribution in [1.82, 2.24) is 14.8 Å². The second kappa shape index (κ2) is 4.08. The zero-order valence-corrected chi connectivity index (χ0v) is 10.2. The standard InChI is InChI=1S/C9H8IN5O/c10-5-3-13-15(4-5)9-6(11)1-2-7(14-9)8(12)16/h1-4H,11H2,(H2,12,16). The number of amides is 1. The zero-order valence-electron chi connectivity index (χ0n) is 8.09. The minimum atomic E-state index is -0.594. The molecule has 7 heteroatoms. The van der Waals surface area contributed by atoms with Crippen molar-refractivity contribution in [2.75, 3.05) is 5.73 Å². The van der Waals surface area contributed by atoms with Crippen LogP contribution in [0.2, 0.25) is 0 Å². The van der Waals surface area contributed by atoms with Gasteiger partial charge in [0.1, 0.15) is 5.69 Å². The summed E-state index contributed by atoms with van der Waals surface area (Å²) in [6.07, 6.45) is 3.42. The van der Waals surface area contributed by atoms with Crippen molar-refractivity contribution in [3.63, 3.8) is 0 Å². The van der Waals surface area contributed by atoms with Gasteiger partial charge in [0.2, 0.25) is 0 Å². The summed E-state index contributed by atoms with van der Waals surface area (Å²) >= 11 is 2.12. The van der Waals surface area contributed by atoms with Crippen molar-refractivity contribution < 1.29 is 4.79 Å². The molecule has 2 heterocycles. The molecule has 2 rings (SSSR count). The van der Waals surface area contributed by atoms with Crippen molar-refractivity contribution in [3.05, 3.63) is 33.8 Å². The van der Waals surface area contributed by atoms with Crippen LogP contribution in [0.25, 0.3) is 5.82 Å². The van der Waals surface area contributed by atoms with E-state index in [-0.39, 0.29) is 5.69 Å². The Kier molecular flexibility index (Phi) is 2.77. The number of carbonyl (C=O) groups is 1. The van der Waals surface area contributed by atoms with E-state index < -0.39 is 5.91 Å². The van der Waals surface area contributed by atoms with Gasteiger partial charge in [-0.3, -0.25) is 4.79 Å². The quantitative estimate of drug-likeness (QED) is 0.786. The monoisotopic (exact) mass is 329 g/mol. The van der Waals surface area contributed by atoms with Crippen molar-refractivity contribution in [1.29, 1.82) is 0 Å². The first-order valence-corrected chi connectivity index (χ1v) is 5.42. The number of pyridine rings is 1. The molecule has 0 spiro atoms. The lowest BCUT2D eigenvalue weighted by atomic mass is 10.3. The Morgan fingerprint density at radius 1 is 1.44 bits per heavy atom. The third kappa shape index (κ3) is 1.98. The number of primary amides is 1. The molecule has 0 aliphatic carbocycles. The molecule has 0 unspecified atom stereocenters. The van der Waals surface area contributed by atoms with Crippen molar-refractivity contribution in [2.24, 2.45) is 5.73 Å². The maximum absolute atomic E-state index is 11.0. The highest BCUT2D eigenvalue weighted by molar-refractivity contribution is 14.1.